The van der Waals surface area contributed by atoms with Crippen LogP contribution in [0.5, 0.6) is 0 Å². The molecule has 252 valence electrons. The number of benzene rings is 2. The molecule has 1 amide bonds. The Morgan fingerprint density at radius 3 is 2.40 bits per heavy atom. The number of pyridine rings is 1. The molecule has 3 heterocycles. The van der Waals surface area contributed by atoms with Crippen LogP contribution in [0.4, 0.5) is 5.69 Å². The molecule has 1 aliphatic carbocycles. The van der Waals surface area contributed by atoms with E-state index in [4.69, 9.17) is 4.74 Å². The molecule has 1 aromatic heterocycles. The Labute approximate surface area is 281 Å². The van der Waals surface area contributed by atoms with Crippen molar-refractivity contribution in [3.05, 3.63) is 85.8 Å². The van der Waals surface area contributed by atoms with Crippen molar-refractivity contribution in [2.24, 2.45) is 0 Å². The fourth-order valence-corrected chi connectivity index (χ4v) is 8.43. The number of aromatic amines is 1. The number of aliphatic hydroxyl groups is 2. The number of hydrogen-bond donors (Lipinski definition) is 4. The number of aromatic nitrogens is 1. The number of nitrogens with zero attached hydrogens (tertiary/aromatic N) is 2. The van der Waals surface area contributed by atoms with Crippen LogP contribution in [-0.2, 0) is 30.0 Å². The number of nitrogens with one attached hydrogen (secondary N) is 2. The molecule has 2 fully saturated rings. The number of carbonyl (C=O) groups excluding carboxylic acids is 1. The van der Waals surface area contributed by atoms with Gasteiger partial charge in [-0.05, 0) is 99.2 Å². The molecule has 0 unspecified atom stereocenters. The normalized spacial score (nSPS) is 17.7. The zero-order valence-electron chi connectivity index (χ0n) is 27.9. The molecule has 4 N–H and O–H groups in total. The van der Waals surface area contributed by atoms with Gasteiger partial charge in [0.15, 0.2) is 0 Å². The van der Waals surface area contributed by atoms with Crippen LogP contribution in [0.25, 0.3) is 11.1 Å². The first-order chi connectivity index (χ1) is 22.7. The van der Waals surface area contributed by atoms with E-state index in [0.717, 1.165) is 90.2 Å². The van der Waals surface area contributed by atoms with Crippen LogP contribution in [0.15, 0.2) is 41.2 Å². The molecule has 6 rings (SSSR count). The highest BCUT2D eigenvalue weighted by Crippen LogP contribution is 2.35. The van der Waals surface area contributed by atoms with Crippen molar-refractivity contribution in [3.63, 3.8) is 0 Å². The smallest absolute Gasteiger partial charge is 0.253 e. The third kappa shape index (κ3) is 7.03. The second kappa shape index (κ2) is 14.5. The summed E-state index contributed by atoms with van der Waals surface area (Å²) in [7, 11) is 0. The Balaban J connectivity index is 1.34. The molecule has 2 aliphatic heterocycles. The van der Waals surface area contributed by atoms with Gasteiger partial charge >= 0.3 is 0 Å². The topological polar surface area (TPSA) is 118 Å². The van der Waals surface area contributed by atoms with Gasteiger partial charge in [-0.1, -0.05) is 24.3 Å². The van der Waals surface area contributed by atoms with E-state index in [0.29, 0.717) is 49.0 Å². The van der Waals surface area contributed by atoms with Crippen molar-refractivity contribution in [3.8, 4) is 11.1 Å². The molecular formula is C37H48N4O5S. The van der Waals surface area contributed by atoms with Crippen molar-refractivity contribution in [2.75, 3.05) is 49.3 Å². The number of rotatable bonds is 9. The summed E-state index contributed by atoms with van der Waals surface area (Å²) in [6, 6.07) is 11.7. The average Bonchev–Trinajstić information content (AvgIpc) is 3.10. The van der Waals surface area contributed by atoms with Crippen LogP contribution in [0, 0.1) is 13.8 Å². The third-order valence-corrected chi connectivity index (χ3v) is 11.2. The van der Waals surface area contributed by atoms with Crippen LogP contribution >= 0.6 is 11.8 Å². The third-order valence-electron chi connectivity index (χ3n) is 10.2. The van der Waals surface area contributed by atoms with E-state index in [9.17, 15) is 19.8 Å². The number of carbonyl (C=O) groups is 1. The molecule has 2 saturated heterocycles. The molecule has 0 saturated carbocycles. The molecule has 47 heavy (non-hydrogen) atoms. The molecule has 0 atom stereocenters. The predicted octanol–water partition coefficient (Wildman–Crippen LogP) is 4.62. The second-order valence-electron chi connectivity index (χ2n) is 13.0. The monoisotopic (exact) mass is 660 g/mol. The lowest BCUT2D eigenvalue weighted by atomic mass is 9.88. The van der Waals surface area contributed by atoms with Gasteiger partial charge in [0, 0.05) is 85.0 Å². The maximum atomic E-state index is 14.0. The van der Waals surface area contributed by atoms with Crippen LogP contribution in [0.1, 0.15) is 76.5 Å². The number of aryl methyl sites for hydroxylation is 1. The van der Waals surface area contributed by atoms with Crippen molar-refractivity contribution < 1.29 is 19.7 Å². The zero-order valence-corrected chi connectivity index (χ0v) is 28.7. The van der Waals surface area contributed by atoms with Gasteiger partial charge in [0.25, 0.3) is 17.4 Å². The fraction of sp³-hybridized carbons (Fsp3) is 0.514. The zero-order chi connectivity index (χ0) is 33.1. The number of fused-ring (bicyclic) bond motifs is 1. The average molecular weight is 661 g/mol. The van der Waals surface area contributed by atoms with Gasteiger partial charge in [0.1, 0.15) is 0 Å². The van der Waals surface area contributed by atoms with Crippen LogP contribution in [-0.4, -0.2) is 76.4 Å². The van der Waals surface area contributed by atoms with Crippen molar-refractivity contribution in [2.45, 2.75) is 77.8 Å². The van der Waals surface area contributed by atoms with E-state index >= 15 is 0 Å². The molecular weight excluding hydrogens is 612 g/mol. The summed E-state index contributed by atoms with van der Waals surface area (Å²) in [5, 5.41) is 25.2. The SMILES string of the molecule is CCN(c1cc(-c2ccc(C(O)(O)N3CCSCC3)cc2)cc(C(=O)NCc2c3c(c(C)[nH]c2=O)CCCC3)c1C)C1CCOCC1. The highest BCUT2D eigenvalue weighted by Gasteiger charge is 2.35. The Bertz CT molecular complexity index is 1640. The lowest BCUT2D eigenvalue weighted by Crippen LogP contribution is -2.49. The van der Waals surface area contributed by atoms with E-state index in [1.54, 1.807) is 17.0 Å². The molecule has 3 aliphatic rings. The minimum Gasteiger partial charge on any atom is -0.381 e. The first-order valence-electron chi connectivity index (χ1n) is 17.1. The van der Waals surface area contributed by atoms with Gasteiger partial charge in [-0.2, -0.15) is 11.8 Å². The van der Waals surface area contributed by atoms with Gasteiger partial charge in [0.05, 0.1) is 0 Å². The van der Waals surface area contributed by atoms with Crippen molar-refractivity contribution in [1.29, 1.82) is 0 Å². The van der Waals surface area contributed by atoms with Gasteiger partial charge in [-0.3, -0.25) is 9.59 Å². The largest absolute Gasteiger partial charge is 0.381 e. The molecule has 3 aromatic rings. The molecule has 2 aromatic carbocycles. The minimum atomic E-state index is -2.04. The molecule has 0 radical (unpaired) electrons. The minimum absolute atomic E-state index is 0.126. The van der Waals surface area contributed by atoms with Crippen LogP contribution in [0.2, 0.25) is 0 Å². The summed E-state index contributed by atoms with van der Waals surface area (Å²) in [5.41, 5.74) is 8.39. The number of ether oxygens (including phenoxy) is 1. The first kappa shape index (κ1) is 33.7. The lowest BCUT2D eigenvalue weighted by molar-refractivity contribution is -0.273. The van der Waals surface area contributed by atoms with Gasteiger partial charge in [-0.15, -0.1) is 0 Å². The number of thioether (sulfide) groups is 1. The quantitative estimate of drug-likeness (QED) is 0.246. The number of amides is 1. The highest BCUT2D eigenvalue weighted by atomic mass is 32.2. The molecule has 10 heteroatoms. The van der Waals surface area contributed by atoms with Gasteiger partial charge in [0.2, 0.25) is 0 Å². The summed E-state index contributed by atoms with van der Waals surface area (Å²) in [6.45, 7) is 9.70. The fourth-order valence-electron chi connectivity index (χ4n) is 7.53. The van der Waals surface area contributed by atoms with E-state index < -0.39 is 5.91 Å². The standard InChI is InChI=1S/C37H48N4O5S/c1-4-41(29-13-17-46-18-14-29)34-22-27(26-9-11-28(12-10-26)37(44,45)40-15-19-47-20-16-40)21-32(24(34)2)35(42)38-23-33-31-8-6-5-7-30(31)25(3)39-36(33)43/h9-12,21-22,29,44-45H,4-8,13-20,23H2,1-3H3,(H,38,42)(H,39,43). The Hall–Kier alpha value is -3.15. The summed E-state index contributed by atoms with van der Waals surface area (Å²) < 4.78 is 5.66. The maximum Gasteiger partial charge on any atom is 0.253 e. The lowest BCUT2D eigenvalue weighted by Gasteiger charge is -2.37. The summed E-state index contributed by atoms with van der Waals surface area (Å²) in [6.07, 6.45) is 5.79. The van der Waals surface area contributed by atoms with E-state index in [-0.39, 0.29) is 18.0 Å². The molecule has 9 nitrogen and oxygen atoms in total. The summed E-state index contributed by atoms with van der Waals surface area (Å²) in [5.74, 6) is -0.542. The van der Waals surface area contributed by atoms with E-state index in [2.05, 4.69) is 28.2 Å². The van der Waals surface area contributed by atoms with Crippen LogP contribution in [0.3, 0.4) is 0 Å². The Morgan fingerprint density at radius 2 is 1.72 bits per heavy atom. The van der Waals surface area contributed by atoms with Crippen molar-refractivity contribution >= 4 is 23.4 Å². The Kier molecular flexibility index (Phi) is 10.4. The molecule has 0 spiro atoms. The predicted molar refractivity (Wildman–Crippen MR) is 188 cm³/mol. The Morgan fingerprint density at radius 1 is 1.04 bits per heavy atom. The first-order valence-corrected chi connectivity index (χ1v) is 18.2. The number of hydrogen-bond acceptors (Lipinski definition) is 8. The van der Waals surface area contributed by atoms with Gasteiger partial charge in [-0.25, -0.2) is 4.90 Å². The van der Waals surface area contributed by atoms with Crippen LogP contribution < -0.4 is 15.8 Å². The second-order valence-corrected chi connectivity index (χ2v) is 14.2. The molecule has 0 bridgehead atoms. The summed E-state index contributed by atoms with van der Waals surface area (Å²) >= 11 is 1.81. The van der Waals surface area contributed by atoms with Gasteiger partial charge < -0.3 is 30.2 Å². The van der Waals surface area contributed by atoms with E-state index in [1.165, 1.54) is 5.56 Å². The summed E-state index contributed by atoms with van der Waals surface area (Å²) in [4.78, 5) is 34.2. The van der Waals surface area contributed by atoms with E-state index in [1.807, 2.05) is 43.8 Å². The van der Waals surface area contributed by atoms with Crippen molar-refractivity contribution in [1.82, 2.24) is 15.2 Å². The highest BCUT2D eigenvalue weighted by molar-refractivity contribution is 7.99. The number of anilines is 1. The number of H-pyrrole nitrogens is 1. The maximum absolute atomic E-state index is 14.0.